The number of aryl methyl sites for hydroxylation is 1. The minimum atomic E-state index is -2.02. The van der Waals surface area contributed by atoms with Gasteiger partial charge in [0.2, 0.25) is 13.6 Å². The second kappa shape index (κ2) is 15.2. The number of alkyl carbamates (subject to hydrolysis) is 1. The third kappa shape index (κ3) is 8.33. The summed E-state index contributed by atoms with van der Waals surface area (Å²) in [6, 6.07) is 4.50. The van der Waals surface area contributed by atoms with Crippen molar-refractivity contribution in [1.82, 2.24) is 5.32 Å². The fourth-order valence-electron chi connectivity index (χ4n) is 7.61. The minimum Gasteiger partial charge on any atom is -0.444 e. The van der Waals surface area contributed by atoms with Gasteiger partial charge in [-0.25, -0.2) is 14.0 Å². The topological polar surface area (TPSA) is 164 Å². The van der Waals surface area contributed by atoms with Gasteiger partial charge in [0.15, 0.2) is 5.54 Å². The van der Waals surface area contributed by atoms with Gasteiger partial charge in [0.05, 0.1) is 23.9 Å². The lowest BCUT2D eigenvalue weighted by molar-refractivity contribution is -0.177. The van der Waals surface area contributed by atoms with E-state index in [0.29, 0.717) is 36.1 Å². The van der Waals surface area contributed by atoms with Crippen molar-refractivity contribution in [2.75, 3.05) is 19.3 Å². The van der Waals surface area contributed by atoms with E-state index in [1.165, 1.54) is 17.8 Å². The molecule has 0 spiro atoms. The maximum Gasteiger partial charge on any atom is 0.408 e. The first-order valence-electron chi connectivity index (χ1n) is 17.0. The summed E-state index contributed by atoms with van der Waals surface area (Å²) in [5, 5.41) is 14.4. The second-order valence-electron chi connectivity index (χ2n) is 14.5. The summed E-state index contributed by atoms with van der Waals surface area (Å²) in [4.78, 5) is 66.5. The molecule has 270 valence electrons. The average Bonchev–Trinajstić information content (AvgIpc) is 3.40. The van der Waals surface area contributed by atoms with E-state index in [4.69, 9.17) is 23.7 Å². The Balaban J connectivity index is 1.38. The van der Waals surface area contributed by atoms with Gasteiger partial charge in [-0.15, -0.1) is 11.8 Å². The molecule has 6 atom stereocenters. The Morgan fingerprint density at radius 3 is 2.00 bits per heavy atom. The summed E-state index contributed by atoms with van der Waals surface area (Å²) in [6.07, 6.45) is 4.11. The molecule has 0 aliphatic heterocycles. The van der Waals surface area contributed by atoms with E-state index in [1.807, 2.05) is 0 Å². The Morgan fingerprint density at radius 1 is 0.898 bits per heavy atom. The van der Waals surface area contributed by atoms with Crippen LogP contribution in [0.2, 0.25) is 0 Å². The summed E-state index contributed by atoms with van der Waals surface area (Å²) in [5.41, 5.74) is -2.58. The number of ether oxygens (including phenoxy) is 5. The molecule has 1 aromatic carbocycles. The zero-order chi connectivity index (χ0) is 35.5. The first kappa shape index (κ1) is 36.9. The van der Waals surface area contributed by atoms with Gasteiger partial charge in [-0.3, -0.25) is 14.4 Å². The molecular weight excluding hydrogens is 661 g/mol. The molecular formula is C35H46FNO11S. The molecule has 14 heteroatoms. The van der Waals surface area contributed by atoms with Crippen molar-refractivity contribution in [1.29, 1.82) is 0 Å². The maximum absolute atomic E-state index is 14.2. The van der Waals surface area contributed by atoms with Gasteiger partial charge in [0, 0.05) is 28.4 Å². The van der Waals surface area contributed by atoms with Crippen molar-refractivity contribution < 1.29 is 57.2 Å². The summed E-state index contributed by atoms with van der Waals surface area (Å²) < 4.78 is 40.8. The van der Waals surface area contributed by atoms with Crippen molar-refractivity contribution >= 4 is 41.7 Å². The SMILES string of the molecule is Cc1cc(SC[C@@H]2[C@@H](O)[C@H]3[C@H](C(=O)OCOC(=O)C4CCCC4)[C@H]3[C@]2(NC(=O)OC(C)(C)C)C(=O)OCOC(=O)C2CCCC2)ccc1F. The van der Waals surface area contributed by atoms with Crippen LogP contribution in [0.15, 0.2) is 23.1 Å². The molecule has 0 aromatic heterocycles. The number of carbonyl (C=O) groups excluding carboxylic acids is 5. The van der Waals surface area contributed by atoms with Crippen LogP contribution in [0.1, 0.15) is 77.7 Å². The van der Waals surface area contributed by atoms with Crippen molar-refractivity contribution in [3.63, 3.8) is 0 Å². The van der Waals surface area contributed by atoms with Gasteiger partial charge in [-0.05, 0) is 77.1 Å². The van der Waals surface area contributed by atoms with Crippen LogP contribution < -0.4 is 5.32 Å². The molecule has 1 amide bonds. The monoisotopic (exact) mass is 707 g/mol. The molecule has 12 nitrogen and oxygen atoms in total. The Labute approximate surface area is 289 Å². The van der Waals surface area contributed by atoms with Crippen molar-refractivity contribution in [2.24, 2.45) is 35.5 Å². The third-order valence-corrected chi connectivity index (χ3v) is 11.2. The number of hydrogen-bond acceptors (Lipinski definition) is 12. The Hall–Kier alpha value is -3.39. The standard InChI is InChI=1S/C35H46FNO11S/c1-19-15-22(13-14-24(19)36)49-16-23-28(38)25-26(31(41)46-17-44-29(39)20-9-5-6-10-20)27(25)35(23,37-33(43)48-34(2,3)4)32(42)47-18-45-30(40)21-11-7-8-12-21/h13-15,20-21,23,25-28,38H,5-12,16-18H2,1-4H3,(H,37,43)/t23-,25+,26+,27+,28-,35+/m1/s1. The summed E-state index contributed by atoms with van der Waals surface area (Å²) in [6.45, 7) is 5.17. The van der Waals surface area contributed by atoms with Crippen molar-refractivity contribution in [3.05, 3.63) is 29.6 Å². The number of aliphatic hydroxyl groups is 1. The lowest BCUT2D eigenvalue weighted by Gasteiger charge is -2.38. The molecule has 49 heavy (non-hydrogen) atoms. The van der Waals surface area contributed by atoms with Crippen LogP contribution in [0, 0.1) is 48.2 Å². The van der Waals surface area contributed by atoms with E-state index in [2.05, 4.69) is 5.32 Å². The van der Waals surface area contributed by atoms with Crippen LogP contribution in [-0.2, 0) is 42.9 Å². The Morgan fingerprint density at radius 2 is 1.45 bits per heavy atom. The largest absolute Gasteiger partial charge is 0.444 e. The van der Waals surface area contributed by atoms with Gasteiger partial charge < -0.3 is 34.1 Å². The predicted molar refractivity (Wildman–Crippen MR) is 172 cm³/mol. The molecule has 4 aliphatic carbocycles. The summed E-state index contributed by atoms with van der Waals surface area (Å²) in [7, 11) is 0. The van der Waals surface area contributed by atoms with E-state index < -0.39 is 90.3 Å². The minimum absolute atomic E-state index is 0.0484. The lowest BCUT2D eigenvalue weighted by Crippen LogP contribution is -2.63. The number of benzene rings is 1. The smallest absolute Gasteiger partial charge is 0.408 e. The molecule has 0 radical (unpaired) electrons. The fourth-order valence-corrected chi connectivity index (χ4v) is 8.86. The first-order valence-corrected chi connectivity index (χ1v) is 18.0. The van der Waals surface area contributed by atoms with Crippen molar-refractivity contribution in [2.45, 2.75) is 101 Å². The number of halogens is 1. The van der Waals surface area contributed by atoms with E-state index in [1.54, 1.807) is 39.8 Å². The molecule has 4 aliphatic rings. The average molecular weight is 708 g/mol. The highest BCUT2D eigenvalue weighted by Gasteiger charge is 2.80. The van der Waals surface area contributed by atoms with Crippen molar-refractivity contribution in [3.8, 4) is 0 Å². The van der Waals surface area contributed by atoms with Gasteiger partial charge in [-0.2, -0.15) is 0 Å². The molecule has 4 saturated carbocycles. The molecule has 1 aromatic rings. The number of hydrogen-bond donors (Lipinski definition) is 2. The zero-order valence-corrected chi connectivity index (χ0v) is 29.2. The highest BCUT2D eigenvalue weighted by Crippen LogP contribution is 2.66. The Kier molecular flexibility index (Phi) is 11.5. The quantitative estimate of drug-likeness (QED) is 0.132. The number of amides is 1. The molecule has 0 bridgehead atoms. The normalized spacial score (nSPS) is 28.0. The van der Waals surface area contributed by atoms with Crippen LogP contribution in [0.4, 0.5) is 9.18 Å². The molecule has 2 N–H and O–H groups in total. The molecule has 5 rings (SSSR count). The van der Waals surface area contributed by atoms with Crippen LogP contribution in [0.25, 0.3) is 0 Å². The second-order valence-corrected chi connectivity index (χ2v) is 15.6. The van der Waals surface area contributed by atoms with Crippen LogP contribution in [0.3, 0.4) is 0 Å². The lowest BCUT2D eigenvalue weighted by atomic mass is 9.80. The number of thioether (sulfide) groups is 1. The van der Waals surface area contributed by atoms with E-state index in [0.717, 1.165) is 25.7 Å². The van der Waals surface area contributed by atoms with Gasteiger partial charge in [-0.1, -0.05) is 25.7 Å². The molecule has 0 unspecified atom stereocenters. The van der Waals surface area contributed by atoms with E-state index in [9.17, 15) is 33.5 Å². The molecule has 0 saturated heterocycles. The van der Waals surface area contributed by atoms with E-state index in [-0.39, 0.29) is 17.6 Å². The number of esters is 4. The molecule has 4 fully saturated rings. The summed E-state index contributed by atoms with van der Waals surface area (Å²) in [5.74, 6) is -7.57. The highest BCUT2D eigenvalue weighted by molar-refractivity contribution is 7.99. The van der Waals surface area contributed by atoms with E-state index >= 15 is 0 Å². The highest BCUT2D eigenvalue weighted by atomic mass is 32.2. The number of carbonyl (C=O) groups is 5. The number of fused-ring (bicyclic) bond motifs is 1. The zero-order valence-electron chi connectivity index (χ0n) is 28.4. The van der Waals surface area contributed by atoms with Gasteiger partial charge in [0.25, 0.3) is 0 Å². The first-order chi connectivity index (χ1) is 23.2. The van der Waals surface area contributed by atoms with Crippen LogP contribution >= 0.6 is 11.8 Å². The van der Waals surface area contributed by atoms with Gasteiger partial charge in [0.1, 0.15) is 11.4 Å². The van der Waals surface area contributed by atoms with Crippen LogP contribution in [0.5, 0.6) is 0 Å². The van der Waals surface area contributed by atoms with Gasteiger partial charge >= 0.3 is 30.0 Å². The third-order valence-electron chi connectivity index (χ3n) is 10.0. The fraction of sp³-hybridized carbons (Fsp3) is 0.686. The number of nitrogens with one attached hydrogen (secondary N) is 1. The van der Waals surface area contributed by atoms with Crippen LogP contribution in [-0.4, -0.2) is 71.7 Å². The number of rotatable bonds is 12. The predicted octanol–water partition coefficient (Wildman–Crippen LogP) is 4.81. The summed E-state index contributed by atoms with van der Waals surface area (Å²) >= 11 is 1.23. The number of aliphatic hydroxyl groups excluding tert-OH is 1. The molecule has 0 heterocycles. The maximum atomic E-state index is 14.2. The Bertz CT molecular complexity index is 1420.